The molecule has 4 amide bonds. The lowest BCUT2D eigenvalue weighted by Crippen LogP contribution is -2.56. The number of hydrogen-bond acceptors (Lipinski definition) is 9. The number of methoxy groups -OCH3 is 1. The van der Waals surface area contributed by atoms with E-state index in [1.807, 2.05) is 36.4 Å². The van der Waals surface area contributed by atoms with E-state index < -0.39 is 63.8 Å². The van der Waals surface area contributed by atoms with Gasteiger partial charge in [0.15, 0.2) is 0 Å². The van der Waals surface area contributed by atoms with Crippen LogP contribution in [0, 0.1) is 17.8 Å². The maximum absolute atomic E-state index is 14.1. The number of benzene rings is 3. The van der Waals surface area contributed by atoms with Crippen LogP contribution in [-0.4, -0.2) is 79.8 Å². The maximum Gasteiger partial charge on any atom is 0.296 e. The highest BCUT2D eigenvalue weighted by molar-refractivity contribution is 7.90. The van der Waals surface area contributed by atoms with Gasteiger partial charge in [-0.25, -0.2) is 18.1 Å². The molecule has 13 nitrogen and oxygen atoms in total. The molecule has 3 N–H and O–H groups in total. The lowest BCUT2D eigenvalue weighted by atomic mass is 10.1. The molecule has 2 aliphatic rings. The molecule has 0 spiro atoms. The van der Waals surface area contributed by atoms with Crippen LogP contribution in [0.5, 0.6) is 11.5 Å². The zero-order valence-corrected chi connectivity index (χ0v) is 29.8. The number of sulfonamides is 1. The van der Waals surface area contributed by atoms with Gasteiger partial charge >= 0.3 is 0 Å². The van der Waals surface area contributed by atoms with E-state index in [1.54, 1.807) is 31.4 Å². The molecule has 14 heteroatoms. The summed E-state index contributed by atoms with van der Waals surface area (Å²) in [5.41, 5.74) is 0.448. The summed E-state index contributed by atoms with van der Waals surface area (Å²) in [7, 11) is -2.70. The molecule has 0 radical (unpaired) electrons. The molecule has 2 fully saturated rings. The molecular formula is C39H37N5O8S. The van der Waals surface area contributed by atoms with Gasteiger partial charge < -0.3 is 25.0 Å². The van der Waals surface area contributed by atoms with Crippen LogP contribution >= 0.6 is 0 Å². The van der Waals surface area contributed by atoms with E-state index in [0.29, 0.717) is 28.1 Å². The number of amides is 4. The van der Waals surface area contributed by atoms with E-state index in [1.165, 1.54) is 42.2 Å². The van der Waals surface area contributed by atoms with Crippen molar-refractivity contribution in [3.8, 4) is 34.6 Å². The van der Waals surface area contributed by atoms with Crippen LogP contribution in [-0.2, 0) is 29.2 Å². The molecule has 1 saturated heterocycles. The SMILES string of the molecule is C=C[C@@H]1C[C@]1(NC(=O)[C@@H]1CC(Oc2cc(-c3ccccc3)nc3cc(OC)ccc23)CN1C(=O)CNC(=O)C#CC)C(=O)NS(=O)(=O)c1ccccc1. The van der Waals surface area contributed by atoms with Crippen molar-refractivity contribution < 1.29 is 37.1 Å². The molecule has 0 bridgehead atoms. The Labute approximate surface area is 306 Å². The predicted molar refractivity (Wildman–Crippen MR) is 196 cm³/mol. The van der Waals surface area contributed by atoms with E-state index in [2.05, 4.69) is 33.8 Å². The zero-order valence-electron chi connectivity index (χ0n) is 29.0. The van der Waals surface area contributed by atoms with E-state index in [0.717, 1.165) is 5.56 Å². The third-order valence-electron chi connectivity index (χ3n) is 9.20. The number of nitrogens with one attached hydrogen (secondary N) is 3. The minimum atomic E-state index is -4.26. The summed E-state index contributed by atoms with van der Waals surface area (Å²) < 4.78 is 40.1. The Morgan fingerprint density at radius 3 is 2.42 bits per heavy atom. The molecule has 1 saturated carbocycles. The minimum Gasteiger partial charge on any atom is -0.497 e. The fourth-order valence-corrected chi connectivity index (χ4v) is 7.43. The number of nitrogens with zero attached hydrogens (tertiary/aromatic N) is 2. The zero-order chi connectivity index (χ0) is 37.8. The molecule has 4 aromatic rings. The summed E-state index contributed by atoms with van der Waals surface area (Å²) in [6, 6.07) is 22.9. The highest BCUT2D eigenvalue weighted by atomic mass is 32.2. The molecular weight excluding hydrogens is 699 g/mol. The van der Waals surface area contributed by atoms with Crippen LogP contribution in [0.25, 0.3) is 22.2 Å². The first-order valence-corrected chi connectivity index (χ1v) is 18.2. The summed E-state index contributed by atoms with van der Waals surface area (Å²) in [4.78, 5) is 59.4. The summed E-state index contributed by atoms with van der Waals surface area (Å²) in [6.45, 7) is 4.75. The van der Waals surface area contributed by atoms with E-state index in [-0.39, 0.29) is 24.3 Å². The number of likely N-dealkylation sites (tertiary alicyclic amines) is 1. The topological polar surface area (TPSA) is 173 Å². The van der Waals surface area contributed by atoms with Crippen molar-refractivity contribution in [1.82, 2.24) is 25.2 Å². The summed E-state index contributed by atoms with van der Waals surface area (Å²) in [5, 5.41) is 5.85. The van der Waals surface area contributed by atoms with Crippen molar-refractivity contribution in [3.63, 3.8) is 0 Å². The molecule has 6 rings (SSSR count). The molecule has 1 aliphatic carbocycles. The van der Waals surface area contributed by atoms with Crippen molar-refractivity contribution in [3.05, 3.63) is 97.6 Å². The van der Waals surface area contributed by atoms with Gasteiger partial charge in [-0.05, 0) is 43.5 Å². The molecule has 3 aromatic carbocycles. The van der Waals surface area contributed by atoms with Crippen molar-refractivity contribution in [2.75, 3.05) is 20.2 Å². The van der Waals surface area contributed by atoms with E-state index in [9.17, 15) is 27.6 Å². The number of hydrogen-bond donors (Lipinski definition) is 3. The van der Waals surface area contributed by atoms with Crippen LogP contribution < -0.4 is 24.8 Å². The van der Waals surface area contributed by atoms with Crippen LogP contribution in [0.15, 0.2) is 102 Å². The second kappa shape index (κ2) is 15.2. The average molecular weight is 736 g/mol. The smallest absolute Gasteiger partial charge is 0.296 e. The molecule has 1 unspecified atom stereocenters. The van der Waals surface area contributed by atoms with Gasteiger partial charge in [0.1, 0.15) is 29.2 Å². The van der Waals surface area contributed by atoms with Gasteiger partial charge in [0.05, 0.1) is 36.3 Å². The average Bonchev–Trinajstić information content (AvgIpc) is 3.72. The number of fused-ring (bicyclic) bond motifs is 1. The number of carbonyl (C=O) groups excluding carboxylic acids is 4. The van der Waals surface area contributed by atoms with Crippen LogP contribution in [0.4, 0.5) is 0 Å². The van der Waals surface area contributed by atoms with E-state index >= 15 is 0 Å². The standard InChI is InChI=1S/C39H37N5O8S/c1-4-12-35(45)40-23-36(46)44-24-28(52-34-21-31(25-13-8-6-9-14-25)41-32-19-27(51-3)17-18-30(32)34)20-33(44)37(47)42-39(22-26(39)5-2)38(48)43-53(49,50)29-15-10-7-11-16-29/h5-11,13-19,21,26,28,33H,2,20,22-24H2,1,3H3,(H,40,45)(H,42,47)(H,43,48)/t26-,28?,33+,39-/m1/s1. The number of aromatic nitrogens is 1. The largest absolute Gasteiger partial charge is 0.497 e. The molecule has 4 atom stereocenters. The Balaban J connectivity index is 1.28. The Morgan fingerprint density at radius 2 is 1.75 bits per heavy atom. The summed E-state index contributed by atoms with van der Waals surface area (Å²) >= 11 is 0. The van der Waals surface area contributed by atoms with E-state index in [4.69, 9.17) is 14.5 Å². The molecule has 1 aromatic heterocycles. The first-order valence-electron chi connectivity index (χ1n) is 16.8. The van der Waals surface area contributed by atoms with Crippen molar-refractivity contribution >= 4 is 44.6 Å². The number of rotatable bonds is 12. The van der Waals surface area contributed by atoms with Gasteiger partial charge in [-0.15, -0.1) is 6.58 Å². The third-order valence-corrected chi connectivity index (χ3v) is 10.5. The lowest BCUT2D eigenvalue weighted by molar-refractivity contribution is -0.139. The van der Waals surface area contributed by atoms with Crippen molar-refractivity contribution in [2.45, 2.75) is 42.3 Å². The highest BCUT2D eigenvalue weighted by Crippen LogP contribution is 2.45. The van der Waals surface area contributed by atoms with Gasteiger partial charge in [0, 0.05) is 35.4 Å². The summed E-state index contributed by atoms with van der Waals surface area (Å²) in [5.74, 6) is 2.38. The van der Waals surface area contributed by atoms with Crippen molar-refractivity contribution in [2.24, 2.45) is 5.92 Å². The Kier molecular flexibility index (Phi) is 10.5. The van der Waals surface area contributed by atoms with Crippen molar-refractivity contribution in [1.29, 1.82) is 0 Å². The van der Waals surface area contributed by atoms with Crippen LogP contribution in [0.1, 0.15) is 19.8 Å². The third kappa shape index (κ3) is 7.85. The predicted octanol–water partition coefficient (Wildman–Crippen LogP) is 2.96. The Morgan fingerprint density at radius 1 is 1.04 bits per heavy atom. The first-order chi connectivity index (χ1) is 25.5. The first kappa shape index (κ1) is 36.6. The van der Waals surface area contributed by atoms with Gasteiger partial charge in [0.2, 0.25) is 11.8 Å². The fourth-order valence-electron chi connectivity index (χ4n) is 6.37. The minimum absolute atomic E-state index is 0.0136. The number of carbonyl (C=O) groups is 4. The molecule has 53 heavy (non-hydrogen) atoms. The quantitative estimate of drug-likeness (QED) is 0.146. The Hall–Kier alpha value is -6.20. The van der Waals surface area contributed by atoms with Gasteiger partial charge in [-0.1, -0.05) is 60.5 Å². The Bertz CT molecular complexity index is 2260. The lowest BCUT2D eigenvalue weighted by Gasteiger charge is -2.26. The highest BCUT2D eigenvalue weighted by Gasteiger charge is 2.61. The monoisotopic (exact) mass is 735 g/mol. The van der Waals surface area contributed by atoms with Gasteiger partial charge in [0.25, 0.3) is 21.8 Å². The number of ether oxygens (including phenoxy) is 2. The van der Waals surface area contributed by atoms with Crippen LogP contribution in [0.2, 0.25) is 0 Å². The normalized spacial score (nSPS) is 20.3. The van der Waals surface area contributed by atoms with Crippen LogP contribution in [0.3, 0.4) is 0 Å². The molecule has 2 heterocycles. The maximum atomic E-state index is 14.1. The number of pyridine rings is 1. The second-order valence-electron chi connectivity index (χ2n) is 12.6. The van der Waals surface area contributed by atoms with Gasteiger partial charge in [-0.2, -0.15) is 0 Å². The fraction of sp³-hybridized carbons (Fsp3) is 0.256. The van der Waals surface area contributed by atoms with Gasteiger partial charge in [-0.3, -0.25) is 19.2 Å². The molecule has 1 aliphatic heterocycles. The molecule has 272 valence electrons. The summed E-state index contributed by atoms with van der Waals surface area (Å²) in [6.07, 6.45) is 0.866. The second-order valence-corrected chi connectivity index (χ2v) is 14.3.